The number of rotatable bonds is 8. The van der Waals surface area contributed by atoms with Crippen LogP contribution in [0.4, 0.5) is 5.69 Å². The molecule has 7 heteroatoms. The fourth-order valence-electron chi connectivity index (χ4n) is 4.18. The molecule has 0 aliphatic carbocycles. The number of hydrogen-bond acceptors (Lipinski definition) is 6. The number of aliphatic hydroxyl groups is 1. The van der Waals surface area contributed by atoms with E-state index < -0.39 is 0 Å². The first-order chi connectivity index (χ1) is 15.5. The van der Waals surface area contributed by atoms with Crippen LogP contribution in [0.15, 0.2) is 60.8 Å². The number of pyridine rings is 1. The lowest BCUT2D eigenvalue weighted by Crippen LogP contribution is -2.41. The third kappa shape index (κ3) is 5.00. The fourth-order valence-corrected chi connectivity index (χ4v) is 4.18. The number of amides is 1. The Bertz CT molecular complexity index is 1060. The second kappa shape index (κ2) is 9.97. The van der Waals surface area contributed by atoms with Crippen molar-refractivity contribution in [2.45, 2.75) is 18.6 Å². The van der Waals surface area contributed by atoms with Gasteiger partial charge in [0, 0.05) is 51.0 Å². The number of likely N-dealkylation sites (N-methyl/N-ethyl adjacent to an activating group) is 1. The van der Waals surface area contributed by atoms with Gasteiger partial charge in [0.1, 0.15) is 0 Å². The largest absolute Gasteiger partial charge is 0.467 e. The zero-order valence-electron chi connectivity index (χ0n) is 18.6. The van der Waals surface area contributed by atoms with Crippen molar-refractivity contribution in [2.24, 2.45) is 0 Å². The van der Waals surface area contributed by atoms with Crippen molar-refractivity contribution in [2.75, 3.05) is 45.7 Å². The van der Waals surface area contributed by atoms with E-state index in [2.05, 4.69) is 15.2 Å². The summed E-state index contributed by atoms with van der Waals surface area (Å²) in [6.45, 7) is 2.04. The predicted octanol–water partition coefficient (Wildman–Crippen LogP) is 2.92. The first-order valence-electron chi connectivity index (χ1n) is 11.0. The van der Waals surface area contributed by atoms with Gasteiger partial charge in [0.15, 0.2) is 6.61 Å². The molecule has 1 fully saturated rings. The molecular weight excluding hydrogens is 404 g/mol. The Hall–Kier alpha value is -3.16. The Balaban J connectivity index is 1.48. The molecule has 2 N–H and O–H groups in total. The number of nitrogens with one attached hydrogen (secondary N) is 1. The van der Waals surface area contributed by atoms with Gasteiger partial charge < -0.3 is 20.1 Å². The van der Waals surface area contributed by atoms with Crippen LogP contribution < -0.4 is 10.1 Å². The van der Waals surface area contributed by atoms with Gasteiger partial charge in [-0.05, 0) is 41.6 Å². The summed E-state index contributed by atoms with van der Waals surface area (Å²) in [4.78, 5) is 21.4. The number of fused-ring (bicyclic) bond motifs is 1. The minimum atomic E-state index is -0.295. The minimum absolute atomic E-state index is 0.0949. The number of anilines is 1. The lowest BCUT2D eigenvalue weighted by Gasteiger charge is -2.32. The van der Waals surface area contributed by atoms with Crippen LogP contribution in [-0.4, -0.2) is 72.2 Å². The molecule has 1 aromatic heterocycles. The Morgan fingerprint density at radius 3 is 2.81 bits per heavy atom. The molecule has 32 heavy (non-hydrogen) atoms. The molecule has 3 aromatic rings. The summed E-state index contributed by atoms with van der Waals surface area (Å²) in [5.41, 5.74) is 2.07. The number of ether oxygens (including phenoxy) is 1. The van der Waals surface area contributed by atoms with Crippen molar-refractivity contribution < 1.29 is 14.6 Å². The van der Waals surface area contributed by atoms with Gasteiger partial charge in [0.2, 0.25) is 5.88 Å². The number of likely N-dealkylation sites (tertiary alicyclic amines) is 1. The molecule has 1 amide bonds. The van der Waals surface area contributed by atoms with Crippen LogP contribution in [0.25, 0.3) is 10.8 Å². The third-order valence-corrected chi connectivity index (χ3v) is 6.07. The molecule has 2 atom stereocenters. The molecule has 1 aliphatic rings. The van der Waals surface area contributed by atoms with Crippen molar-refractivity contribution in [1.82, 2.24) is 14.8 Å². The number of aliphatic hydroxyl groups excluding tert-OH is 1. The molecule has 2 aromatic carbocycles. The van der Waals surface area contributed by atoms with Crippen LogP contribution in [0, 0.1) is 0 Å². The monoisotopic (exact) mass is 434 g/mol. The topological polar surface area (TPSA) is 77.9 Å². The summed E-state index contributed by atoms with van der Waals surface area (Å²) in [6.07, 6.45) is 2.16. The Kier molecular flexibility index (Phi) is 6.87. The molecule has 0 radical (unpaired) electrons. The molecule has 2 heterocycles. The van der Waals surface area contributed by atoms with Crippen molar-refractivity contribution in [1.29, 1.82) is 0 Å². The Labute approximate surface area is 188 Å². The molecule has 0 unspecified atom stereocenters. The summed E-state index contributed by atoms with van der Waals surface area (Å²) in [6, 6.07) is 17.7. The van der Waals surface area contributed by atoms with Gasteiger partial charge in [-0.3, -0.25) is 9.69 Å². The quantitative estimate of drug-likeness (QED) is 0.568. The zero-order chi connectivity index (χ0) is 22.5. The number of benzene rings is 2. The molecule has 0 spiro atoms. The average Bonchev–Trinajstić information content (AvgIpc) is 3.25. The smallest absolute Gasteiger partial charge is 0.260 e. The number of nitrogens with zero attached hydrogens (tertiary/aromatic N) is 3. The summed E-state index contributed by atoms with van der Waals surface area (Å²) in [7, 11) is 3.69. The average molecular weight is 435 g/mol. The van der Waals surface area contributed by atoms with Gasteiger partial charge in [-0.25, -0.2) is 4.98 Å². The summed E-state index contributed by atoms with van der Waals surface area (Å²) in [5, 5.41) is 14.9. The van der Waals surface area contributed by atoms with E-state index in [9.17, 15) is 9.90 Å². The van der Waals surface area contributed by atoms with Crippen molar-refractivity contribution in [3.05, 3.63) is 66.4 Å². The first-order valence-corrected chi connectivity index (χ1v) is 11.0. The van der Waals surface area contributed by atoms with Crippen LogP contribution in [-0.2, 0) is 4.79 Å². The molecule has 0 saturated carbocycles. The van der Waals surface area contributed by atoms with Gasteiger partial charge >= 0.3 is 0 Å². The highest BCUT2D eigenvalue weighted by atomic mass is 16.5. The minimum Gasteiger partial charge on any atom is -0.467 e. The van der Waals surface area contributed by atoms with Crippen LogP contribution in [0.1, 0.15) is 18.0 Å². The molecule has 0 bridgehead atoms. The van der Waals surface area contributed by atoms with Crippen molar-refractivity contribution in [3.63, 3.8) is 0 Å². The maximum absolute atomic E-state index is 13.1. The van der Waals surface area contributed by atoms with E-state index in [0.29, 0.717) is 19.0 Å². The second-order valence-corrected chi connectivity index (χ2v) is 8.22. The normalized spacial score (nSPS) is 17.3. The van der Waals surface area contributed by atoms with Gasteiger partial charge in [-0.1, -0.05) is 30.3 Å². The highest BCUT2D eigenvalue weighted by Crippen LogP contribution is 2.27. The molecule has 4 rings (SSSR count). The van der Waals surface area contributed by atoms with Gasteiger partial charge in [0.25, 0.3) is 5.91 Å². The van der Waals surface area contributed by atoms with E-state index in [0.717, 1.165) is 35.0 Å². The van der Waals surface area contributed by atoms with Gasteiger partial charge in [-0.15, -0.1) is 0 Å². The van der Waals surface area contributed by atoms with Gasteiger partial charge in [-0.2, -0.15) is 0 Å². The first kappa shape index (κ1) is 22.0. The molecule has 1 saturated heterocycles. The van der Waals surface area contributed by atoms with Crippen LogP contribution in [0.5, 0.6) is 5.88 Å². The predicted molar refractivity (Wildman–Crippen MR) is 126 cm³/mol. The van der Waals surface area contributed by atoms with E-state index >= 15 is 0 Å². The molecular formula is C25H30N4O3. The van der Waals surface area contributed by atoms with Crippen LogP contribution >= 0.6 is 0 Å². The number of carbonyl (C=O) groups excluding carboxylic acids is 1. The molecule has 7 nitrogen and oxygen atoms in total. The molecule has 168 valence electrons. The van der Waals surface area contributed by atoms with Crippen molar-refractivity contribution >= 4 is 22.4 Å². The van der Waals surface area contributed by atoms with Crippen LogP contribution in [0.3, 0.4) is 0 Å². The summed E-state index contributed by atoms with van der Waals surface area (Å²) >= 11 is 0. The highest BCUT2D eigenvalue weighted by molar-refractivity contribution is 5.89. The number of β-amino-alcohol motifs (C(OH)–C–C–N with tert-alkyl or cyclic N) is 1. The van der Waals surface area contributed by atoms with E-state index in [1.54, 1.807) is 11.1 Å². The van der Waals surface area contributed by atoms with E-state index in [4.69, 9.17) is 4.74 Å². The zero-order valence-corrected chi connectivity index (χ0v) is 18.6. The Morgan fingerprint density at radius 2 is 2.09 bits per heavy atom. The number of hydrogen-bond donors (Lipinski definition) is 2. The second-order valence-electron chi connectivity index (χ2n) is 8.22. The lowest BCUT2D eigenvalue weighted by molar-refractivity contribution is -0.134. The SMILES string of the molecule is CNc1ccc2c(OCC(=O)N(C)[C@H](CN3CC[C@H](O)C3)c3ccccc3)nccc2c1. The van der Waals surface area contributed by atoms with E-state index in [-0.39, 0.29) is 24.7 Å². The van der Waals surface area contributed by atoms with E-state index in [1.165, 1.54) is 0 Å². The number of carbonyl (C=O) groups is 1. The maximum atomic E-state index is 13.1. The lowest BCUT2D eigenvalue weighted by atomic mass is 10.0. The van der Waals surface area contributed by atoms with Gasteiger partial charge in [0.05, 0.1) is 12.1 Å². The molecule has 1 aliphatic heterocycles. The summed E-state index contributed by atoms with van der Waals surface area (Å²) in [5.74, 6) is 0.329. The maximum Gasteiger partial charge on any atom is 0.260 e. The third-order valence-electron chi connectivity index (χ3n) is 6.07. The fraction of sp³-hybridized carbons (Fsp3) is 0.360. The van der Waals surface area contributed by atoms with Crippen LogP contribution in [0.2, 0.25) is 0 Å². The highest BCUT2D eigenvalue weighted by Gasteiger charge is 2.28. The van der Waals surface area contributed by atoms with Crippen molar-refractivity contribution in [3.8, 4) is 5.88 Å². The standard InChI is InChI=1S/C25H30N4O3/c1-26-20-8-9-22-19(14-20)10-12-27-25(22)32-17-24(31)28(2)23(18-6-4-3-5-7-18)16-29-13-11-21(30)15-29/h3-10,12,14,21,23,26,30H,11,13,15-17H2,1-2H3/t21-,23+/m0/s1. The van der Waals surface area contributed by atoms with E-state index in [1.807, 2.05) is 68.7 Å². The Morgan fingerprint density at radius 1 is 1.28 bits per heavy atom. The number of aromatic nitrogens is 1. The summed E-state index contributed by atoms with van der Waals surface area (Å²) < 4.78 is 5.87.